The second-order valence-corrected chi connectivity index (χ2v) is 16.9. The zero-order chi connectivity index (χ0) is 41.4. The number of pyridine rings is 4. The van der Waals surface area contributed by atoms with E-state index in [4.69, 9.17) is 25.4 Å². The molecule has 0 amide bonds. The third-order valence-electron chi connectivity index (χ3n) is 10.3. The Labute approximate surface area is 346 Å². The monoisotopic (exact) mass is 819 g/mol. The molecule has 1 saturated heterocycles. The number of imidazole rings is 2. The van der Waals surface area contributed by atoms with Crippen molar-refractivity contribution in [2.75, 3.05) is 30.7 Å². The van der Waals surface area contributed by atoms with Gasteiger partial charge in [-0.1, -0.05) is 13.8 Å². The normalized spacial score (nSPS) is 14.8. The number of carbonyl (C=O) groups excluding carboxylic acids is 1. The van der Waals surface area contributed by atoms with Gasteiger partial charge in [0.1, 0.15) is 22.7 Å². The minimum Gasteiger partial charge on any atom is -0.462 e. The molecule has 8 aromatic rings. The summed E-state index contributed by atoms with van der Waals surface area (Å²) < 4.78 is 39.2. The fraction of sp³-hybridized carbons (Fsp3) is 0.205. The van der Waals surface area contributed by atoms with Crippen molar-refractivity contribution in [1.29, 1.82) is 0 Å². The second-order valence-electron chi connectivity index (χ2n) is 14.9. The number of rotatable bonds is 11. The van der Waals surface area contributed by atoms with Crippen molar-refractivity contribution >= 4 is 50.0 Å². The summed E-state index contributed by atoms with van der Waals surface area (Å²) in [7, 11) is -3.88. The highest BCUT2D eigenvalue weighted by Crippen LogP contribution is 2.34. The van der Waals surface area contributed by atoms with Crippen molar-refractivity contribution < 1.29 is 17.9 Å². The van der Waals surface area contributed by atoms with Crippen LogP contribution in [-0.2, 0) is 14.8 Å². The predicted molar refractivity (Wildman–Crippen MR) is 229 cm³/mol. The number of anilines is 2. The van der Waals surface area contributed by atoms with Gasteiger partial charge in [0.05, 0.1) is 28.2 Å². The Hall–Kier alpha value is -7.04. The van der Waals surface area contributed by atoms with Gasteiger partial charge in [-0.05, 0) is 116 Å². The number of nitrogen functional groups attached to an aromatic ring is 1. The average molecular weight is 820 g/mol. The predicted octanol–water partition coefficient (Wildman–Crippen LogP) is 6.94. The number of benzene rings is 2. The Balaban J connectivity index is 0.978. The largest absolute Gasteiger partial charge is 0.462 e. The van der Waals surface area contributed by atoms with Crippen LogP contribution in [-0.4, -0.2) is 83.5 Å². The molecular weight excluding hydrogens is 779 g/mol. The van der Waals surface area contributed by atoms with Crippen LogP contribution in [0.3, 0.4) is 0 Å². The summed E-state index contributed by atoms with van der Waals surface area (Å²) in [5.41, 5.74) is 12.1. The molecule has 1 fully saturated rings. The molecule has 0 radical (unpaired) electrons. The van der Waals surface area contributed by atoms with Crippen LogP contribution in [0.5, 0.6) is 0 Å². The van der Waals surface area contributed by atoms with E-state index in [9.17, 15) is 13.2 Å². The number of hydrogen-bond acceptors (Lipinski definition) is 12. The van der Waals surface area contributed by atoms with E-state index in [0.29, 0.717) is 87.6 Å². The Morgan fingerprint density at radius 3 is 1.97 bits per heavy atom. The van der Waals surface area contributed by atoms with Crippen molar-refractivity contribution in [2.45, 2.75) is 37.6 Å². The lowest BCUT2D eigenvalue weighted by atomic mass is 10.1. The van der Waals surface area contributed by atoms with Gasteiger partial charge in [-0.3, -0.25) is 9.13 Å². The zero-order valence-electron chi connectivity index (χ0n) is 32.9. The molecule has 302 valence electrons. The summed E-state index contributed by atoms with van der Waals surface area (Å²) in [6.45, 7) is 4.92. The van der Waals surface area contributed by atoms with Gasteiger partial charge >= 0.3 is 5.97 Å². The van der Waals surface area contributed by atoms with E-state index in [0.717, 1.165) is 12.1 Å². The lowest BCUT2D eigenvalue weighted by Gasteiger charge is -2.33. The molecule has 0 spiro atoms. The zero-order valence-corrected chi connectivity index (χ0v) is 33.7. The fourth-order valence-corrected chi connectivity index (χ4v) is 8.97. The van der Waals surface area contributed by atoms with Crippen LogP contribution in [0.15, 0.2) is 127 Å². The number of carbonyl (C=O) groups is 1. The molecule has 16 heteroatoms. The van der Waals surface area contributed by atoms with Gasteiger partial charge < -0.3 is 15.8 Å². The van der Waals surface area contributed by atoms with Gasteiger partial charge in [0, 0.05) is 55.3 Å². The van der Waals surface area contributed by atoms with Crippen molar-refractivity contribution in [2.24, 2.45) is 5.92 Å². The Bertz CT molecular complexity index is 2970. The summed E-state index contributed by atoms with van der Waals surface area (Å²) >= 11 is 0. The van der Waals surface area contributed by atoms with E-state index in [1.807, 2.05) is 77.6 Å². The van der Waals surface area contributed by atoms with Gasteiger partial charge in [-0.25, -0.2) is 43.1 Å². The third-order valence-corrected chi connectivity index (χ3v) is 12.2. The quantitative estimate of drug-likeness (QED) is 0.128. The van der Waals surface area contributed by atoms with Crippen LogP contribution in [0, 0.1) is 5.92 Å². The van der Waals surface area contributed by atoms with Gasteiger partial charge in [0.2, 0.25) is 10.0 Å². The summed E-state index contributed by atoms with van der Waals surface area (Å²) in [6, 6.07) is 28.4. The van der Waals surface area contributed by atoms with Crippen LogP contribution in [0.1, 0.15) is 37.0 Å². The summed E-state index contributed by atoms with van der Waals surface area (Å²) in [5, 5.41) is 3.56. The Morgan fingerprint density at radius 2 is 1.33 bits per heavy atom. The topological polar surface area (TPSA) is 189 Å². The molecular formula is C44H41N11O4S. The van der Waals surface area contributed by atoms with Crippen molar-refractivity contribution in [3.8, 4) is 34.2 Å². The molecule has 60 heavy (non-hydrogen) atoms. The van der Waals surface area contributed by atoms with Crippen molar-refractivity contribution in [1.82, 2.24) is 43.3 Å². The number of ether oxygens (including phenoxy) is 1. The van der Waals surface area contributed by atoms with Crippen LogP contribution < -0.4 is 11.1 Å². The minimum absolute atomic E-state index is 0.172. The highest BCUT2D eigenvalue weighted by molar-refractivity contribution is 7.89. The van der Waals surface area contributed by atoms with Gasteiger partial charge in [-0.15, -0.1) is 0 Å². The molecule has 0 aliphatic carbocycles. The van der Waals surface area contributed by atoms with E-state index >= 15 is 0 Å². The number of piperidine rings is 1. The first kappa shape index (κ1) is 38.5. The van der Waals surface area contributed by atoms with Crippen molar-refractivity contribution in [3.63, 3.8) is 0 Å². The van der Waals surface area contributed by atoms with Crippen LogP contribution >= 0.6 is 0 Å². The molecule has 6 aromatic heterocycles. The molecule has 1 aliphatic rings. The fourth-order valence-electron chi connectivity index (χ4n) is 7.44. The number of nitrogens with one attached hydrogen (secondary N) is 1. The number of aromatic nitrogens is 8. The summed E-state index contributed by atoms with van der Waals surface area (Å²) in [4.78, 5) is 40.8. The molecule has 3 N–H and O–H groups in total. The van der Waals surface area contributed by atoms with E-state index in [1.54, 1.807) is 67.3 Å². The maximum atomic E-state index is 14.2. The SMILES string of the molecule is CC(C)COC(=O)c1ccc(-n2c(-c3cccnc3NC3CCCN(S(=O)(=O)c4ccc(-n5c(-c6cccnc6N)nc6cccnc65)cc4)C3)nc3cccnc32)cc1. The molecule has 0 bridgehead atoms. The van der Waals surface area contributed by atoms with E-state index in [-0.39, 0.29) is 29.4 Å². The maximum Gasteiger partial charge on any atom is 0.338 e. The highest BCUT2D eigenvalue weighted by atomic mass is 32.2. The van der Waals surface area contributed by atoms with E-state index < -0.39 is 10.0 Å². The number of nitrogens with zero attached hydrogens (tertiary/aromatic N) is 9. The molecule has 9 rings (SSSR count). The third kappa shape index (κ3) is 7.30. The first-order chi connectivity index (χ1) is 29.2. The number of fused-ring (bicyclic) bond motifs is 2. The number of sulfonamides is 1. The first-order valence-corrected chi connectivity index (χ1v) is 21.1. The van der Waals surface area contributed by atoms with E-state index in [1.165, 1.54) is 4.31 Å². The number of nitrogens with two attached hydrogens (primary N) is 1. The molecule has 1 unspecified atom stereocenters. The molecule has 0 saturated carbocycles. The first-order valence-electron chi connectivity index (χ1n) is 19.6. The summed E-state index contributed by atoms with van der Waals surface area (Å²) in [5.74, 6) is 1.86. The van der Waals surface area contributed by atoms with Crippen molar-refractivity contribution in [3.05, 3.63) is 127 Å². The van der Waals surface area contributed by atoms with E-state index in [2.05, 4.69) is 20.3 Å². The highest BCUT2D eigenvalue weighted by Gasteiger charge is 2.31. The standard InChI is InChI=1S/C44H41N11O4S/c1-28(2)27-59-44(56)29-13-15-31(16-14-29)55-41(52-37-12-6-24-49-43(37)55)35-10-4-22-47-39(35)50-30-8-7-25-53(26-30)60(57,58)33-19-17-32(18-20-33)54-40(34-9-3-21-46-38(34)45)51-36-11-5-23-48-42(36)54/h3-6,9-24,28,30H,7-8,25-27H2,1-2H3,(H2,45,46)(H,47,50). The Morgan fingerprint density at radius 1 is 0.767 bits per heavy atom. The lowest BCUT2D eigenvalue weighted by Crippen LogP contribution is -2.45. The number of esters is 1. The average Bonchev–Trinajstić information content (AvgIpc) is 3.85. The molecule has 7 heterocycles. The van der Waals surface area contributed by atoms with Gasteiger partial charge in [-0.2, -0.15) is 4.31 Å². The van der Waals surface area contributed by atoms with Crippen LogP contribution in [0.4, 0.5) is 11.6 Å². The molecule has 1 aliphatic heterocycles. The molecule has 2 aromatic carbocycles. The summed E-state index contributed by atoms with van der Waals surface area (Å²) in [6.07, 6.45) is 8.09. The second kappa shape index (κ2) is 16.0. The molecule has 1 atom stereocenters. The van der Waals surface area contributed by atoms with Gasteiger partial charge in [0.15, 0.2) is 22.9 Å². The lowest BCUT2D eigenvalue weighted by molar-refractivity contribution is 0.0459. The van der Waals surface area contributed by atoms with Gasteiger partial charge in [0.25, 0.3) is 0 Å². The molecule has 15 nitrogen and oxygen atoms in total. The number of hydrogen-bond donors (Lipinski definition) is 2. The smallest absolute Gasteiger partial charge is 0.338 e. The minimum atomic E-state index is -3.88. The van der Waals surface area contributed by atoms with Crippen LogP contribution in [0.2, 0.25) is 0 Å². The Kier molecular flexibility index (Phi) is 10.2. The van der Waals surface area contributed by atoms with Crippen LogP contribution in [0.25, 0.3) is 56.5 Å². The maximum absolute atomic E-state index is 14.2.